The van der Waals surface area contributed by atoms with Gasteiger partial charge in [0.25, 0.3) is 5.91 Å². The van der Waals surface area contributed by atoms with Crippen molar-refractivity contribution < 1.29 is 18.0 Å². The van der Waals surface area contributed by atoms with Crippen LogP contribution in [0.4, 0.5) is 11.4 Å². The maximum absolute atomic E-state index is 13.0. The molecule has 160 valence electrons. The van der Waals surface area contributed by atoms with E-state index in [1.54, 1.807) is 47.4 Å². The fraction of sp³-hybridized carbons (Fsp3) is 0.333. The summed E-state index contributed by atoms with van der Waals surface area (Å²) in [7, 11) is -3.77. The van der Waals surface area contributed by atoms with Crippen LogP contribution in [0.5, 0.6) is 0 Å². The zero-order valence-electron chi connectivity index (χ0n) is 16.8. The summed E-state index contributed by atoms with van der Waals surface area (Å²) in [5.41, 5.74) is 1.02. The monoisotopic (exact) mass is 449 g/mol. The van der Waals surface area contributed by atoms with Gasteiger partial charge in [0.1, 0.15) is 6.04 Å². The minimum atomic E-state index is -3.77. The fourth-order valence-corrected chi connectivity index (χ4v) is 4.88. The molecule has 2 amide bonds. The molecule has 0 aromatic heterocycles. The summed E-state index contributed by atoms with van der Waals surface area (Å²) in [6.07, 6.45) is 2.95. The van der Waals surface area contributed by atoms with Gasteiger partial charge in [-0.2, -0.15) is 0 Å². The molecule has 0 saturated carbocycles. The number of sulfonamides is 1. The molecule has 9 heteroatoms. The first-order valence-corrected chi connectivity index (χ1v) is 11.9. The Morgan fingerprint density at radius 3 is 2.40 bits per heavy atom. The molecule has 0 aliphatic carbocycles. The molecular weight excluding hydrogens is 426 g/mol. The smallest absolute Gasteiger partial charge is 0.255 e. The van der Waals surface area contributed by atoms with Crippen molar-refractivity contribution in [3.05, 3.63) is 59.1 Å². The molecule has 0 spiro atoms. The number of anilines is 2. The number of halogens is 1. The normalized spacial score (nSPS) is 15.0. The number of para-hydroxylation sites is 1. The van der Waals surface area contributed by atoms with Crippen LogP contribution in [0.25, 0.3) is 0 Å². The molecule has 1 fully saturated rings. The summed E-state index contributed by atoms with van der Waals surface area (Å²) in [5, 5.41) is 3.08. The van der Waals surface area contributed by atoms with Crippen molar-refractivity contribution in [1.82, 2.24) is 4.90 Å². The average Bonchev–Trinajstić information content (AvgIpc) is 3.21. The lowest BCUT2D eigenvalue weighted by molar-refractivity contribution is -0.116. The number of hydrogen-bond acceptors (Lipinski definition) is 4. The number of carbonyl (C=O) groups is 2. The molecule has 2 aromatic rings. The van der Waals surface area contributed by atoms with E-state index in [-0.39, 0.29) is 11.6 Å². The van der Waals surface area contributed by atoms with Crippen molar-refractivity contribution in [3.63, 3.8) is 0 Å². The van der Waals surface area contributed by atoms with Gasteiger partial charge in [-0.25, -0.2) is 8.42 Å². The highest BCUT2D eigenvalue weighted by atomic mass is 35.5. The van der Waals surface area contributed by atoms with Crippen LogP contribution in [0.2, 0.25) is 5.02 Å². The minimum Gasteiger partial charge on any atom is -0.339 e. The van der Waals surface area contributed by atoms with Crippen LogP contribution in [0.15, 0.2) is 48.5 Å². The number of amides is 2. The maximum Gasteiger partial charge on any atom is 0.255 e. The quantitative estimate of drug-likeness (QED) is 0.732. The first-order valence-electron chi connectivity index (χ1n) is 9.62. The van der Waals surface area contributed by atoms with Crippen LogP contribution in [0.1, 0.15) is 30.1 Å². The lowest BCUT2D eigenvalue weighted by Crippen LogP contribution is -2.45. The molecule has 30 heavy (non-hydrogen) atoms. The van der Waals surface area contributed by atoms with Gasteiger partial charge in [0.05, 0.1) is 23.2 Å². The van der Waals surface area contributed by atoms with Crippen molar-refractivity contribution in [3.8, 4) is 0 Å². The van der Waals surface area contributed by atoms with Crippen LogP contribution in [-0.2, 0) is 14.8 Å². The van der Waals surface area contributed by atoms with Crippen molar-refractivity contribution in [1.29, 1.82) is 0 Å². The largest absolute Gasteiger partial charge is 0.339 e. The second kappa shape index (κ2) is 9.06. The molecule has 7 nitrogen and oxygen atoms in total. The summed E-state index contributed by atoms with van der Waals surface area (Å²) >= 11 is 6.01. The lowest BCUT2D eigenvalue weighted by Gasteiger charge is -2.28. The van der Waals surface area contributed by atoms with E-state index < -0.39 is 22.0 Å². The maximum atomic E-state index is 13.0. The SMILES string of the molecule is CC(C(=O)Nc1ccccc1C(=O)N1CCCC1)N(c1cccc(Cl)c1)S(C)(=O)=O. The number of hydrogen-bond donors (Lipinski definition) is 1. The zero-order chi connectivity index (χ0) is 21.9. The van der Waals surface area contributed by atoms with Crippen LogP contribution in [-0.4, -0.2) is 50.5 Å². The highest BCUT2D eigenvalue weighted by molar-refractivity contribution is 7.92. The molecule has 0 bridgehead atoms. The van der Waals surface area contributed by atoms with E-state index in [9.17, 15) is 18.0 Å². The molecule has 1 unspecified atom stereocenters. The Morgan fingerprint density at radius 2 is 1.77 bits per heavy atom. The van der Waals surface area contributed by atoms with Crippen LogP contribution >= 0.6 is 11.6 Å². The Bertz CT molecular complexity index is 1050. The van der Waals surface area contributed by atoms with Gasteiger partial charge in [0.15, 0.2) is 0 Å². The number of likely N-dealkylation sites (tertiary alicyclic amines) is 1. The summed E-state index contributed by atoms with van der Waals surface area (Å²) in [5.74, 6) is -0.701. The average molecular weight is 450 g/mol. The van der Waals surface area contributed by atoms with Crippen LogP contribution in [0, 0.1) is 0 Å². The Morgan fingerprint density at radius 1 is 1.10 bits per heavy atom. The summed E-state index contributed by atoms with van der Waals surface area (Å²) in [6.45, 7) is 2.87. The molecule has 1 saturated heterocycles. The zero-order valence-corrected chi connectivity index (χ0v) is 18.4. The van der Waals surface area contributed by atoms with Gasteiger partial charge < -0.3 is 10.2 Å². The lowest BCUT2D eigenvalue weighted by atomic mass is 10.1. The van der Waals surface area contributed by atoms with E-state index in [0.29, 0.717) is 29.4 Å². The second-order valence-corrected chi connectivity index (χ2v) is 9.54. The van der Waals surface area contributed by atoms with Crippen molar-refractivity contribution in [2.24, 2.45) is 0 Å². The van der Waals surface area contributed by atoms with E-state index in [2.05, 4.69) is 5.32 Å². The van der Waals surface area contributed by atoms with Gasteiger partial charge in [-0.3, -0.25) is 13.9 Å². The second-order valence-electron chi connectivity index (χ2n) is 7.25. The van der Waals surface area contributed by atoms with Gasteiger partial charge >= 0.3 is 0 Å². The molecule has 2 aromatic carbocycles. The molecular formula is C21H24ClN3O4S. The van der Waals surface area contributed by atoms with Crippen molar-refractivity contribution in [2.45, 2.75) is 25.8 Å². The Balaban J connectivity index is 1.87. The van der Waals surface area contributed by atoms with E-state index in [1.165, 1.54) is 13.0 Å². The molecule has 1 atom stereocenters. The van der Waals surface area contributed by atoms with E-state index in [4.69, 9.17) is 11.6 Å². The third-order valence-corrected chi connectivity index (χ3v) is 6.44. The third-order valence-electron chi connectivity index (χ3n) is 4.96. The Kier molecular flexibility index (Phi) is 6.67. The van der Waals surface area contributed by atoms with Gasteiger partial charge in [-0.15, -0.1) is 0 Å². The standard InChI is InChI=1S/C21H24ClN3O4S/c1-15(25(30(2,28)29)17-9-7-8-16(22)14-17)20(26)23-19-11-4-3-10-18(19)21(27)24-12-5-6-13-24/h3-4,7-11,14-15H,5-6,12-13H2,1-2H3,(H,23,26). The predicted molar refractivity (Wildman–Crippen MR) is 118 cm³/mol. The number of rotatable bonds is 6. The summed E-state index contributed by atoms with van der Waals surface area (Å²) in [4.78, 5) is 27.6. The first kappa shape index (κ1) is 22.1. The Labute approximate surface area is 181 Å². The minimum absolute atomic E-state index is 0.147. The molecule has 1 heterocycles. The summed E-state index contributed by atoms with van der Waals surface area (Å²) < 4.78 is 25.9. The number of carbonyl (C=O) groups excluding carboxylic acids is 2. The van der Waals surface area contributed by atoms with Crippen molar-refractivity contribution >= 4 is 44.8 Å². The fourth-order valence-electron chi connectivity index (χ4n) is 3.53. The van der Waals surface area contributed by atoms with E-state index in [0.717, 1.165) is 23.4 Å². The first-order chi connectivity index (χ1) is 14.2. The number of benzene rings is 2. The summed E-state index contributed by atoms with van der Waals surface area (Å²) in [6, 6.07) is 12.0. The molecule has 1 N–H and O–H groups in total. The number of nitrogens with zero attached hydrogens (tertiary/aromatic N) is 2. The molecule has 3 rings (SSSR count). The highest BCUT2D eigenvalue weighted by Crippen LogP contribution is 2.26. The van der Waals surface area contributed by atoms with Crippen molar-refractivity contribution in [2.75, 3.05) is 29.0 Å². The van der Waals surface area contributed by atoms with Gasteiger partial charge in [-0.05, 0) is 50.1 Å². The molecule has 1 aliphatic heterocycles. The van der Waals surface area contributed by atoms with Gasteiger partial charge in [0.2, 0.25) is 15.9 Å². The predicted octanol–water partition coefficient (Wildman–Crippen LogP) is 3.37. The Hall–Kier alpha value is -2.58. The van der Waals surface area contributed by atoms with Gasteiger partial charge in [0, 0.05) is 18.1 Å². The topological polar surface area (TPSA) is 86.8 Å². The highest BCUT2D eigenvalue weighted by Gasteiger charge is 2.30. The molecule has 0 radical (unpaired) electrons. The van der Waals surface area contributed by atoms with Crippen LogP contribution < -0.4 is 9.62 Å². The molecule has 1 aliphatic rings. The van der Waals surface area contributed by atoms with E-state index in [1.807, 2.05) is 0 Å². The van der Waals surface area contributed by atoms with E-state index >= 15 is 0 Å². The van der Waals surface area contributed by atoms with Crippen LogP contribution in [0.3, 0.4) is 0 Å². The van der Waals surface area contributed by atoms with Gasteiger partial charge in [-0.1, -0.05) is 29.8 Å². The third kappa shape index (κ3) is 4.94. The number of nitrogens with one attached hydrogen (secondary N) is 1.